The van der Waals surface area contributed by atoms with Gasteiger partial charge in [-0.05, 0) is 43.3 Å². The van der Waals surface area contributed by atoms with Crippen molar-refractivity contribution in [2.24, 2.45) is 5.41 Å². The Labute approximate surface area is 122 Å². The average Bonchev–Trinajstić information content (AvgIpc) is 2.80. The maximum atomic E-state index is 6.14. The smallest absolute Gasteiger partial charge is 0.0795 e. The minimum Gasteiger partial charge on any atom is -0.374 e. The molecule has 19 heavy (non-hydrogen) atoms. The number of nitrogens with one attached hydrogen (secondary N) is 1. The van der Waals surface area contributed by atoms with E-state index >= 15 is 0 Å². The van der Waals surface area contributed by atoms with Gasteiger partial charge in [0.05, 0.1) is 5.60 Å². The summed E-state index contributed by atoms with van der Waals surface area (Å²) in [4.78, 5) is 0. The van der Waals surface area contributed by atoms with Gasteiger partial charge in [-0.25, -0.2) is 0 Å². The summed E-state index contributed by atoms with van der Waals surface area (Å²) in [6.45, 7) is 5.86. The molecular weight excluding hydrogens is 254 g/mol. The molecule has 3 aliphatic rings. The van der Waals surface area contributed by atoms with Crippen LogP contribution in [0.3, 0.4) is 0 Å². The van der Waals surface area contributed by atoms with Crippen LogP contribution in [0, 0.1) is 5.41 Å². The molecule has 0 aromatic heterocycles. The predicted octanol–water partition coefficient (Wildman–Crippen LogP) is 3.60. The minimum atomic E-state index is 0.222. The highest BCUT2D eigenvalue weighted by atomic mass is 32.2. The van der Waals surface area contributed by atoms with Crippen LogP contribution in [-0.2, 0) is 4.74 Å². The minimum absolute atomic E-state index is 0.222. The molecule has 0 amide bonds. The summed E-state index contributed by atoms with van der Waals surface area (Å²) in [5.74, 6) is 2.51. The summed E-state index contributed by atoms with van der Waals surface area (Å²) in [6.07, 6.45) is 9.29. The topological polar surface area (TPSA) is 21.3 Å². The number of hydrogen-bond acceptors (Lipinski definition) is 3. The predicted molar refractivity (Wildman–Crippen MR) is 82.8 cm³/mol. The third-order valence-electron chi connectivity index (χ3n) is 5.50. The number of rotatable bonds is 2. The van der Waals surface area contributed by atoms with E-state index in [1.54, 1.807) is 0 Å². The number of thioether (sulfide) groups is 1. The fourth-order valence-corrected chi connectivity index (χ4v) is 5.50. The third kappa shape index (κ3) is 3.14. The van der Waals surface area contributed by atoms with Crippen LogP contribution in [0.15, 0.2) is 0 Å². The summed E-state index contributed by atoms with van der Waals surface area (Å²) in [6, 6.07) is 1.41. The zero-order valence-corrected chi connectivity index (χ0v) is 13.4. The van der Waals surface area contributed by atoms with Crippen LogP contribution in [-0.4, -0.2) is 35.8 Å². The van der Waals surface area contributed by atoms with Gasteiger partial charge in [-0.15, -0.1) is 0 Å². The first kappa shape index (κ1) is 14.2. The van der Waals surface area contributed by atoms with Gasteiger partial charge in [0.2, 0.25) is 0 Å². The summed E-state index contributed by atoms with van der Waals surface area (Å²) in [5, 5.41) is 4.01. The molecule has 0 aromatic rings. The van der Waals surface area contributed by atoms with Gasteiger partial charge >= 0.3 is 0 Å². The molecule has 1 aliphatic carbocycles. The summed E-state index contributed by atoms with van der Waals surface area (Å²) >= 11 is 2.07. The Morgan fingerprint density at radius 2 is 2.05 bits per heavy atom. The third-order valence-corrected chi connectivity index (χ3v) is 6.73. The van der Waals surface area contributed by atoms with Crippen molar-refractivity contribution >= 4 is 11.8 Å². The normalized spacial score (nSPS) is 42.6. The van der Waals surface area contributed by atoms with E-state index in [9.17, 15) is 0 Å². The SMILES string of the molecule is CC1(C)CCCCC1NC1CCOC2(CCSC2)C1. The Bertz CT molecular complexity index is 312. The van der Waals surface area contributed by atoms with E-state index in [1.807, 2.05) is 0 Å². The molecule has 1 spiro atoms. The molecule has 110 valence electrons. The fourth-order valence-electron chi connectivity index (χ4n) is 4.12. The first-order valence-corrected chi connectivity index (χ1v) is 9.23. The van der Waals surface area contributed by atoms with E-state index in [2.05, 4.69) is 30.9 Å². The van der Waals surface area contributed by atoms with Crippen molar-refractivity contribution in [1.82, 2.24) is 5.32 Å². The Kier molecular flexibility index (Phi) is 4.17. The quantitative estimate of drug-likeness (QED) is 0.836. The molecular formula is C16H29NOS. The van der Waals surface area contributed by atoms with Crippen LogP contribution >= 0.6 is 11.8 Å². The molecule has 2 saturated heterocycles. The molecule has 1 saturated carbocycles. The molecule has 0 aromatic carbocycles. The van der Waals surface area contributed by atoms with Crippen LogP contribution in [0.25, 0.3) is 0 Å². The Morgan fingerprint density at radius 1 is 1.16 bits per heavy atom. The lowest BCUT2D eigenvalue weighted by atomic mass is 9.72. The Hall–Kier alpha value is 0.270. The van der Waals surface area contributed by atoms with Gasteiger partial charge in [0.15, 0.2) is 0 Å². The fraction of sp³-hybridized carbons (Fsp3) is 1.00. The highest BCUT2D eigenvalue weighted by molar-refractivity contribution is 7.99. The van der Waals surface area contributed by atoms with Crippen molar-refractivity contribution in [2.45, 2.75) is 76.5 Å². The molecule has 3 fully saturated rings. The van der Waals surface area contributed by atoms with Crippen LogP contribution in [0.1, 0.15) is 58.8 Å². The lowest BCUT2D eigenvalue weighted by Gasteiger charge is -2.45. The number of ether oxygens (including phenoxy) is 1. The average molecular weight is 283 g/mol. The summed E-state index contributed by atoms with van der Waals surface area (Å²) < 4.78 is 6.14. The first-order valence-electron chi connectivity index (χ1n) is 8.08. The maximum absolute atomic E-state index is 6.14. The van der Waals surface area contributed by atoms with Gasteiger partial charge in [0.1, 0.15) is 0 Å². The standard InChI is InChI=1S/C16H29NOS/c1-15(2)7-4-3-5-14(15)17-13-6-9-18-16(11-13)8-10-19-12-16/h13-14,17H,3-12H2,1-2H3. The van der Waals surface area contributed by atoms with Crippen LogP contribution in [0.2, 0.25) is 0 Å². The molecule has 0 bridgehead atoms. The number of hydrogen-bond donors (Lipinski definition) is 1. The van der Waals surface area contributed by atoms with Crippen LogP contribution in [0.4, 0.5) is 0 Å². The molecule has 2 aliphatic heterocycles. The summed E-state index contributed by atoms with van der Waals surface area (Å²) in [7, 11) is 0. The van der Waals surface area contributed by atoms with E-state index < -0.39 is 0 Å². The van der Waals surface area contributed by atoms with Crippen molar-refractivity contribution in [1.29, 1.82) is 0 Å². The van der Waals surface area contributed by atoms with E-state index in [0.717, 1.165) is 12.6 Å². The molecule has 0 radical (unpaired) electrons. The van der Waals surface area contributed by atoms with E-state index in [4.69, 9.17) is 4.74 Å². The molecule has 1 N–H and O–H groups in total. The van der Waals surface area contributed by atoms with Crippen molar-refractivity contribution in [3.63, 3.8) is 0 Å². The lowest BCUT2D eigenvalue weighted by molar-refractivity contribution is -0.0739. The van der Waals surface area contributed by atoms with Gasteiger partial charge in [-0.2, -0.15) is 11.8 Å². The van der Waals surface area contributed by atoms with Crippen LogP contribution < -0.4 is 5.32 Å². The zero-order chi connectivity index (χ0) is 13.3. The highest BCUT2D eigenvalue weighted by Gasteiger charge is 2.42. The Morgan fingerprint density at radius 3 is 2.79 bits per heavy atom. The monoisotopic (exact) mass is 283 g/mol. The first-order chi connectivity index (χ1) is 9.10. The highest BCUT2D eigenvalue weighted by Crippen LogP contribution is 2.40. The second-order valence-corrected chi connectivity index (χ2v) is 8.58. The van der Waals surface area contributed by atoms with Gasteiger partial charge in [-0.3, -0.25) is 0 Å². The van der Waals surface area contributed by atoms with E-state index in [1.165, 1.54) is 56.5 Å². The molecule has 2 nitrogen and oxygen atoms in total. The zero-order valence-electron chi connectivity index (χ0n) is 12.5. The van der Waals surface area contributed by atoms with Gasteiger partial charge in [-0.1, -0.05) is 26.7 Å². The van der Waals surface area contributed by atoms with E-state index in [-0.39, 0.29) is 5.60 Å². The van der Waals surface area contributed by atoms with Gasteiger partial charge in [0.25, 0.3) is 0 Å². The van der Waals surface area contributed by atoms with Gasteiger partial charge in [0, 0.05) is 24.4 Å². The van der Waals surface area contributed by atoms with Crippen molar-refractivity contribution in [3.05, 3.63) is 0 Å². The molecule has 3 rings (SSSR count). The molecule has 3 atom stereocenters. The van der Waals surface area contributed by atoms with E-state index in [0.29, 0.717) is 11.5 Å². The largest absolute Gasteiger partial charge is 0.374 e. The molecule has 3 unspecified atom stereocenters. The second kappa shape index (κ2) is 5.57. The van der Waals surface area contributed by atoms with Crippen LogP contribution in [0.5, 0.6) is 0 Å². The Balaban J connectivity index is 1.59. The van der Waals surface area contributed by atoms with Crippen molar-refractivity contribution < 1.29 is 4.74 Å². The summed E-state index contributed by atoms with van der Waals surface area (Å²) in [5.41, 5.74) is 0.702. The molecule has 3 heteroatoms. The van der Waals surface area contributed by atoms with Crippen molar-refractivity contribution in [3.8, 4) is 0 Å². The lowest BCUT2D eigenvalue weighted by Crippen LogP contribution is -2.54. The van der Waals surface area contributed by atoms with Gasteiger partial charge < -0.3 is 10.1 Å². The molecule has 2 heterocycles. The maximum Gasteiger partial charge on any atom is 0.0795 e. The second-order valence-electron chi connectivity index (χ2n) is 7.48. The van der Waals surface area contributed by atoms with Crippen molar-refractivity contribution in [2.75, 3.05) is 18.1 Å².